The van der Waals surface area contributed by atoms with E-state index in [4.69, 9.17) is 0 Å². The van der Waals surface area contributed by atoms with Gasteiger partial charge in [-0.3, -0.25) is 4.98 Å². The molecule has 1 fully saturated rings. The van der Waals surface area contributed by atoms with Crippen molar-refractivity contribution in [2.45, 2.75) is 13.3 Å². The number of aromatic nitrogens is 1. The summed E-state index contributed by atoms with van der Waals surface area (Å²) in [4.78, 5) is 6.48. The van der Waals surface area contributed by atoms with Crippen LogP contribution in [-0.2, 0) is 0 Å². The Balaban J connectivity index is 1.86. The molecule has 1 unspecified atom stereocenters. The van der Waals surface area contributed by atoms with Crippen LogP contribution < -0.4 is 5.32 Å². The minimum atomic E-state index is 0.794. The van der Waals surface area contributed by atoms with Crippen LogP contribution in [0.25, 0.3) is 0 Å². The highest BCUT2D eigenvalue weighted by atomic mass is 15.1. The van der Waals surface area contributed by atoms with Crippen LogP contribution in [0.2, 0.25) is 0 Å². The van der Waals surface area contributed by atoms with Gasteiger partial charge < -0.3 is 10.2 Å². The molecule has 82 valence electrons. The van der Waals surface area contributed by atoms with E-state index in [1.807, 2.05) is 18.5 Å². The van der Waals surface area contributed by atoms with Crippen molar-refractivity contribution in [2.24, 2.45) is 5.92 Å². The van der Waals surface area contributed by atoms with E-state index in [1.54, 1.807) is 0 Å². The Morgan fingerprint density at radius 3 is 3.13 bits per heavy atom. The fraction of sp³-hybridized carbons (Fsp3) is 0.583. The topological polar surface area (TPSA) is 28.2 Å². The maximum absolute atomic E-state index is 4.09. The Hall–Kier alpha value is -1.09. The van der Waals surface area contributed by atoms with Gasteiger partial charge in [0.05, 0.1) is 0 Å². The van der Waals surface area contributed by atoms with E-state index in [2.05, 4.69) is 29.2 Å². The summed E-state index contributed by atoms with van der Waals surface area (Å²) in [5.74, 6) is 0.794. The molecule has 1 aliphatic rings. The van der Waals surface area contributed by atoms with Gasteiger partial charge in [0.1, 0.15) is 0 Å². The van der Waals surface area contributed by atoms with E-state index >= 15 is 0 Å². The lowest BCUT2D eigenvalue weighted by molar-refractivity contribution is 0.399. The van der Waals surface area contributed by atoms with Gasteiger partial charge in [0.25, 0.3) is 0 Å². The van der Waals surface area contributed by atoms with E-state index in [1.165, 1.54) is 30.8 Å². The first-order valence-corrected chi connectivity index (χ1v) is 5.59. The lowest BCUT2D eigenvalue weighted by Gasteiger charge is -2.13. The third-order valence-electron chi connectivity index (χ3n) is 3.09. The molecule has 3 nitrogen and oxygen atoms in total. The van der Waals surface area contributed by atoms with Crippen molar-refractivity contribution < 1.29 is 0 Å². The van der Waals surface area contributed by atoms with Crippen molar-refractivity contribution in [2.75, 3.05) is 32.0 Å². The number of nitrogens with one attached hydrogen (secondary N) is 1. The lowest BCUT2D eigenvalue weighted by Crippen LogP contribution is -2.19. The van der Waals surface area contributed by atoms with Crippen LogP contribution in [0.4, 0.5) is 5.69 Å². The summed E-state index contributed by atoms with van der Waals surface area (Å²) in [5.41, 5.74) is 2.45. The minimum Gasteiger partial charge on any atom is -0.384 e. The standard InChI is InChI=1S/C12H19N3/c1-10-7-13-5-3-12(10)14-8-11-4-6-15(2)9-11/h3,5,7,11H,4,6,8-9H2,1-2H3,(H,13,14). The maximum Gasteiger partial charge on any atom is 0.0400 e. The van der Waals surface area contributed by atoms with Crippen LogP contribution in [0.3, 0.4) is 0 Å². The molecule has 0 saturated carbocycles. The monoisotopic (exact) mass is 205 g/mol. The summed E-state index contributed by atoms with van der Waals surface area (Å²) < 4.78 is 0. The molecule has 0 aromatic carbocycles. The molecule has 2 heterocycles. The molecule has 1 aromatic rings. The summed E-state index contributed by atoms with van der Waals surface area (Å²) in [6.45, 7) is 5.63. The van der Waals surface area contributed by atoms with Crippen molar-refractivity contribution >= 4 is 5.69 Å². The number of anilines is 1. The van der Waals surface area contributed by atoms with Crippen LogP contribution >= 0.6 is 0 Å². The summed E-state index contributed by atoms with van der Waals surface area (Å²) >= 11 is 0. The molecule has 1 N–H and O–H groups in total. The average molecular weight is 205 g/mol. The molecule has 0 amide bonds. The zero-order valence-corrected chi connectivity index (χ0v) is 9.53. The summed E-state index contributed by atoms with van der Waals surface area (Å²) in [7, 11) is 2.19. The van der Waals surface area contributed by atoms with Crippen LogP contribution in [-0.4, -0.2) is 36.6 Å². The molecular weight excluding hydrogens is 186 g/mol. The van der Waals surface area contributed by atoms with Crippen molar-refractivity contribution in [1.29, 1.82) is 0 Å². The van der Waals surface area contributed by atoms with Crippen molar-refractivity contribution in [3.05, 3.63) is 24.0 Å². The Bertz CT molecular complexity index is 324. The van der Waals surface area contributed by atoms with Gasteiger partial charge in [-0.25, -0.2) is 0 Å². The number of hydrogen-bond acceptors (Lipinski definition) is 3. The highest BCUT2D eigenvalue weighted by Crippen LogP contribution is 2.17. The number of likely N-dealkylation sites (tertiary alicyclic amines) is 1. The molecule has 15 heavy (non-hydrogen) atoms. The fourth-order valence-electron chi connectivity index (χ4n) is 2.12. The molecule has 0 radical (unpaired) electrons. The predicted molar refractivity (Wildman–Crippen MR) is 63.1 cm³/mol. The Labute approximate surface area is 91.5 Å². The van der Waals surface area contributed by atoms with E-state index in [0.29, 0.717) is 0 Å². The van der Waals surface area contributed by atoms with Gasteiger partial charge in [-0.15, -0.1) is 0 Å². The van der Waals surface area contributed by atoms with E-state index in [0.717, 1.165) is 12.5 Å². The molecule has 3 heteroatoms. The quantitative estimate of drug-likeness (QED) is 0.815. The summed E-state index contributed by atoms with van der Waals surface area (Å²) in [6, 6.07) is 2.05. The second kappa shape index (κ2) is 4.62. The molecule has 0 spiro atoms. The largest absolute Gasteiger partial charge is 0.384 e. The Kier molecular flexibility index (Phi) is 3.21. The zero-order chi connectivity index (χ0) is 10.7. The number of hydrogen-bond donors (Lipinski definition) is 1. The number of nitrogens with zero attached hydrogens (tertiary/aromatic N) is 2. The van der Waals surface area contributed by atoms with Crippen LogP contribution in [0.5, 0.6) is 0 Å². The van der Waals surface area contributed by atoms with E-state index in [-0.39, 0.29) is 0 Å². The SMILES string of the molecule is Cc1cnccc1NCC1CCN(C)C1. The maximum atomic E-state index is 4.09. The molecule has 1 atom stereocenters. The fourth-order valence-corrected chi connectivity index (χ4v) is 2.12. The average Bonchev–Trinajstić information content (AvgIpc) is 2.63. The van der Waals surface area contributed by atoms with Crippen LogP contribution in [0, 0.1) is 12.8 Å². The third-order valence-corrected chi connectivity index (χ3v) is 3.09. The first-order valence-electron chi connectivity index (χ1n) is 5.59. The van der Waals surface area contributed by atoms with Crippen LogP contribution in [0.15, 0.2) is 18.5 Å². The highest BCUT2D eigenvalue weighted by molar-refractivity contribution is 5.48. The second-order valence-electron chi connectivity index (χ2n) is 4.49. The number of pyridine rings is 1. The highest BCUT2D eigenvalue weighted by Gasteiger charge is 2.18. The molecule has 1 saturated heterocycles. The van der Waals surface area contributed by atoms with Gasteiger partial charge in [0.15, 0.2) is 0 Å². The Morgan fingerprint density at radius 2 is 2.47 bits per heavy atom. The summed E-state index contributed by atoms with van der Waals surface area (Å²) in [5, 5.41) is 3.51. The first kappa shape index (κ1) is 10.4. The van der Waals surface area contributed by atoms with Gasteiger partial charge in [-0.2, -0.15) is 0 Å². The molecule has 0 bridgehead atoms. The van der Waals surface area contributed by atoms with Gasteiger partial charge in [-0.05, 0) is 44.5 Å². The summed E-state index contributed by atoms with van der Waals surface area (Å²) in [6.07, 6.45) is 5.06. The van der Waals surface area contributed by atoms with Gasteiger partial charge in [-0.1, -0.05) is 0 Å². The third kappa shape index (κ3) is 2.69. The van der Waals surface area contributed by atoms with Gasteiger partial charge >= 0.3 is 0 Å². The molecular formula is C12H19N3. The van der Waals surface area contributed by atoms with Gasteiger partial charge in [0, 0.05) is 31.2 Å². The molecule has 1 aliphatic heterocycles. The number of rotatable bonds is 3. The van der Waals surface area contributed by atoms with E-state index in [9.17, 15) is 0 Å². The van der Waals surface area contributed by atoms with Crippen molar-refractivity contribution in [3.8, 4) is 0 Å². The lowest BCUT2D eigenvalue weighted by atomic mass is 10.1. The molecule has 0 aliphatic carbocycles. The Morgan fingerprint density at radius 1 is 1.60 bits per heavy atom. The molecule has 1 aromatic heterocycles. The first-order chi connectivity index (χ1) is 7.25. The molecule has 2 rings (SSSR count). The number of aryl methyl sites for hydroxylation is 1. The van der Waals surface area contributed by atoms with Gasteiger partial charge in [0.2, 0.25) is 0 Å². The smallest absolute Gasteiger partial charge is 0.0400 e. The zero-order valence-electron chi connectivity index (χ0n) is 9.53. The normalized spacial score (nSPS) is 21.9. The minimum absolute atomic E-state index is 0.794. The van der Waals surface area contributed by atoms with E-state index < -0.39 is 0 Å². The predicted octanol–water partition coefficient (Wildman–Crippen LogP) is 1.75. The van der Waals surface area contributed by atoms with Crippen molar-refractivity contribution in [1.82, 2.24) is 9.88 Å². The second-order valence-corrected chi connectivity index (χ2v) is 4.49. The van der Waals surface area contributed by atoms with Crippen LogP contribution in [0.1, 0.15) is 12.0 Å². The van der Waals surface area contributed by atoms with Crippen molar-refractivity contribution in [3.63, 3.8) is 0 Å².